The maximum absolute atomic E-state index is 12.5. The van der Waals surface area contributed by atoms with Crippen LogP contribution >= 0.6 is 0 Å². The molecule has 0 radical (unpaired) electrons. The lowest BCUT2D eigenvalue weighted by molar-refractivity contribution is -0.127. The van der Waals surface area contributed by atoms with Crippen molar-refractivity contribution < 1.29 is 10.0 Å². The van der Waals surface area contributed by atoms with Gasteiger partial charge in [-0.15, -0.1) is 0 Å². The van der Waals surface area contributed by atoms with Crippen molar-refractivity contribution >= 4 is 11.7 Å². The topological polar surface area (TPSA) is 101 Å². The van der Waals surface area contributed by atoms with Gasteiger partial charge in [0.25, 0.3) is 0 Å². The number of oxime groups is 1. The third-order valence-electron chi connectivity index (χ3n) is 4.27. The average Bonchev–Trinajstić information content (AvgIpc) is 3.03. The Kier molecular flexibility index (Phi) is 4.77. The summed E-state index contributed by atoms with van der Waals surface area (Å²) in [5, 5.41) is 14.9. The first-order valence-corrected chi connectivity index (χ1v) is 7.33. The molecule has 1 saturated carbocycles. The summed E-state index contributed by atoms with van der Waals surface area (Å²) in [6.45, 7) is 2.42. The first kappa shape index (κ1) is 15.3. The number of hydrogen-bond acceptors (Lipinski definition) is 4. The fourth-order valence-electron chi connectivity index (χ4n) is 2.96. The van der Waals surface area contributed by atoms with E-state index in [0.29, 0.717) is 19.4 Å². The highest BCUT2D eigenvalue weighted by Gasteiger charge is 2.45. The van der Waals surface area contributed by atoms with Gasteiger partial charge in [-0.3, -0.25) is 9.78 Å². The van der Waals surface area contributed by atoms with Crippen molar-refractivity contribution in [1.29, 1.82) is 0 Å². The molecule has 0 bridgehead atoms. The van der Waals surface area contributed by atoms with E-state index in [4.69, 9.17) is 10.9 Å². The summed E-state index contributed by atoms with van der Waals surface area (Å²) in [6.07, 6.45) is 5.65. The van der Waals surface area contributed by atoms with Crippen LogP contribution in [0.3, 0.4) is 0 Å². The van der Waals surface area contributed by atoms with Crippen LogP contribution in [-0.4, -0.2) is 21.9 Å². The molecule has 1 aromatic heterocycles. The molecule has 1 fully saturated rings. The summed E-state index contributed by atoms with van der Waals surface area (Å²) in [6, 6.07) is 3.89. The Morgan fingerprint density at radius 1 is 1.52 bits per heavy atom. The lowest BCUT2D eigenvalue weighted by Gasteiger charge is -2.26. The van der Waals surface area contributed by atoms with Gasteiger partial charge in [0.2, 0.25) is 5.91 Å². The largest absolute Gasteiger partial charge is 0.409 e. The van der Waals surface area contributed by atoms with Gasteiger partial charge in [-0.1, -0.05) is 31.0 Å². The molecule has 4 N–H and O–H groups in total. The van der Waals surface area contributed by atoms with Gasteiger partial charge in [-0.05, 0) is 30.9 Å². The Hall–Kier alpha value is -2.11. The summed E-state index contributed by atoms with van der Waals surface area (Å²) in [5.74, 6) is -0.169. The molecule has 0 aromatic carbocycles. The number of amides is 1. The molecule has 1 amide bonds. The second-order valence-electron chi connectivity index (χ2n) is 5.42. The fourth-order valence-corrected chi connectivity index (χ4v) is 2.96. The molecule has 0 atom stereocenters. The van der Waals surface area contributed by atoms with Crippen LogP contribution < -0.4 is 11.1 Å². The first-order valence-electron chi connectivity index (χ1n) is 7.33. The third-order valence-corrected chi connectivity index (χ3v) is 4.27. The Morgan fingerprint density at radius 3 is 2.86 bits per heavy atom. The molecule has 2 rings (SSSR count). The number of hydrogen-bond donors (Lipinski definition) is 3. The summed E-state index contributed by atoms with van der Waals surface area (Å²) in [4.78, 5) is 16.8. The predicted molar refractivity (Wildman–Crippen MR) is 79.8 cm³/mol. The molecule has 6 nitrogen and oxygen atoms in total. The zero-order valence-electron chi connectivity index (χ0n) is 12.3. The number of nitrogens with zero attached hydrogens (tertiary/aromatic N) is 2. The molecule has 1 aromatic rings. The number of amidine groups is 1. The number of nitrogens with two attached hydrogens (primary N) is 1. The van der Waals surface area contributed by atoms with Crippen LogP contribution in [0.15, 0.2) is 23.5 Å². The zero-order chi connectivity index (χ0) is 15.3. The molecular weight excluding hydrogens is 268 g/mol. The van der Waals surface area contributed by atoms with Gasteiger partial charge in [0.05, 0.1) is 12.2 Å². The first-order chi connectivity index (χ1) is 10.1. The highest BCUT2D eigenvalue weighted by molar-refractivity contribution is 6.07. The van der Waals surface area contributed by atoms with Crippen molar-refractivity contribution in [3.8, 4) is 0 Å². The van der Waals surface area contributed by atoms with Crippen molar-refractivity contribution in [3.63, 3.8) is 0 Å². The Balaban J connectivity index is 2.10. The molecule has 1 aliphatic rings. The van der Waals surface area contributed by atoms with Gasteiger partial charge < -0.3 is 16.3 Å². The van der Waals surface area contributed by atoms with Crippen molar-refractivity contribution in [2.45, 2.75) is 45.6 Å². The van der Waals surface area contributed by atoms with Gasteiger partial charge in [-0.25, -0.2) is 0 Å². The van der Waals surface area contributed by atoms with Crippen LogP contribution in [0.4, 0.5) is 0 Å². The molecule has 0 saturated heterocycles. The van der Waals surface area contributed by atoms with E-state index in [0.717, 1.165) is 30.5 Å². The standard InChI is InChI=1S/C15H22N4O2/c1-2-11-6-5-9-17-12(11)10-18-14(20)15(13(16)19-21)7-3-4-8-15/h5-6,9,21H,2-4,7-8,10H2,1H3,(H2,16,19)(H,18,20). The summed E-state index contributed by atoms with van der Waals surface area (Å²) in [7, 11) is 0. The van der Waals surface area contributed by atoms with Crippen molar-refractivity contribution in [3.05, 3.63) is 29.6 Å². The molecular formula is C15H22N4O2. The molecule has 0 spiro atoms. The van der Waals surface area contributed by atoms with Crippen LogP contribution in [0.2, 0.25) is 0 Å². The van der Waals surface area contributed by atoms with Crippen LogP contribution in [0.1, 0.15) is 43.9 Å². The minimum atomic E-state index is -0.865. The smallest absolute Gasteiger partial charge is 0.234 e. The van der Waals surface area contributed by atoms with E-state index in [1.54, 1.807) is 6.20 Å². The van der Waals surface area contributed by atoms with Gasteiger partial charge in [0.1, 0.15) is 5.41 Å². The van der Waals surface area contributed by atoms with Crippen molar-refractivity contribution in [2.24, 2.45) is 16.3 Å². The van der Waals surface area contributed by atoms with E-state index in [1.807, 2.05) is 12.1 Å². The van der Waals surface area contributed by atoms with Gasteiger partial charge >= 0.3 is 0 Å². The highest BCUT2D eigenvalue weighted by Crippen LogP contribution is 2.38. The third kappa shape index (κ3) is 2.99. The maximum Gasteiger partial charge on any atom is 0.234 e. The van der Waals surface area contributed by atoms with Crippen LogP contribution in [0, 0.1) is 5.41 Å². The number of pyridine rings is 1. The number of aromatic nitrogens is 1. The van der Waals surface area contributed by atoms with Crippen LogP contribution in [-0.2, 0) is 17.8 Å². The normalized spacial score (nSPS) is 17.7. The number of carbonyl (C=O) groups excluding carboxylic acids is 1. The molecule has 114 valence electrons. The van der Waals surface area contributed by atoms with E-state index in [1.165, 1.54) is 0 Å². The number of nitrogens with one attached hydrogen (secondary N) is 1. The van der Waals surface area contributed by atoms with E-state index in [2.05, 4.69) is 22.4 Å². The SMILES string of the molecule is CCc1cccnc1CNC(=O)C1(/C(N)=N/O)CCCC1. The Bertz CT molecular complexity index is 536. The van der Waals surface area contributed by atoms with Crippen molar-refractivity contribution in [2.75, 3.05) is 0 Å². The monoisotopic (exact) mass is 290 g/mol. The van der Waals surface area contributed by atoms with E-state index >= 15 is 0 Å². The van der Waals surface area contributed by atoms with Gasteiger partial charge in [0, 0.05) is 6.20 Å². The highest BCUT2D eigenvalue weighted by atomic mass is 16.4. The number of carbonyl (C=O) groups is 1. The van der Waals surface area contributed by atoms with Crippen molar-refractivity contribution in [1.82, 2.24) is 10.3 Å². The van der Waals surface area contributed by atoms with E-state index < -0.39 is 5.41 Å². The molecule has 0 aliphatic heterocycles. The fraction of sp³-hybridized carbons (Fsp3) is 0.533. The maximum atomic E-state index is 12.5. The number of rotatable bonds is 5. The number of aryl methyl sites for hydroxylation is 1. The van der Waals surface area contributed by atoms with Gasteiger partial charge in [0.15, 0.2) is 5.84 Å². The summed E-state index contributed by atoms with van der Waals surface area (Å²) in [5.41, 5.74) is 6.87. The Labute approximate surface area is 124 Å². The molecule has 21 heavy (non-hydrogen) atoms. The molecule has 1 aliphatic carbocycles. The van der Waals surface area contributed by atoms with Gasteiger partial charge in [-0.2, -0.15) is 0 Å². The second kappa shape index (κ2) is 6.56. The predicted octanol–water partition coefficient (Wildman–Crippen LogP) is 1.57. The van der Waals surface area contributed by atoms with Crippen LogP contribution in [0.25, 0.3) is 0 Å². The summed E-state index contributed by atoms with van der Waals surface area (Å²) < 4.78 is 0. The van der Waals surface area contributed by atoms with E-state index in [9.17, 15) is 4.79 Å². The molecule has 0 unspecified atom stereocenters. The summed E-state index contributed by atoms with van der Waals surface area (Å²) >= 11 is 0. The minimum Gasteiger partial charge on any atom is -0.409 e. The van der Waals surface area contributed by atoms with Crippen LogP contribution in [0.5, 0.6) is 0 Å². The Morgan fingerprint density at radius 2 is 2.24 bits per heavy atom. The molecule has 1 heterocycles. The zero-order valence-corrected chi connectivity index (χ0v) is 12.3. The average molecular weight is 290 g/mol. The second-order valence-corrected chi connectivity index (χ2v) is 5.42. The lowest BCUT2D eigenvalue weighted by Crippen LogP contribution is -2.48. The molecule has 6 heteroatoms. The minimum absolute atomic E-state index is 0.00855. The lowest BCUT2D eigenvalue weighted by atomic mass is 9.83. The quantitative estimate of drug-likeness (QED) is 0.331. The van der Waals surface area contributed by atoms with E-state index in [-0.39, 0.29) is 11.7 Å².